The number of nitrogens with one attached hydrogen (secondary N) is 2. The maximum atomic E-state index is 11.6. The van der Waals surface area contributed by atoms with Crippen molar-refractivity contribution in [2.75, 3.05) is 25.5 Å². The van der Waals surface area contributed by atoms with E-state index in [1.165, 1.54) is 31.4 Å². The monoisotopic (exact) mass is 318 g/mol. The van der Waals surface area contributed by atoms with Gasteiger partial charge in [0.05, 0.1) is 19.9 Å². The first-order valence-corrected chi connectivity index (χ1v) is 7.03. The second-order valence-electron chi connectivity index (χ2n) is 3.59. The molecule has 2 N–H and O–H groups in total. The predicted octanol–water partition coefficient (Wildman–Crippen LogP) is 0.251. The molecule has 0 heterocycles. The number of benzene rings is 1. The van der Waals surface area contributed by atoms with Crippen LogP contribution in [0.5, 0.6) is 5.75 Å². The maximum Gasteiger partial charge on any atom is 0.422 e. The van der Waals surface area contributed by atoms with Crippen molar-refractivity contribution in [1.29, 1.82) is 0 Å². The number of esters is 1. The van der Waals surface area contributed by atoms with Crippen LogP contribution in [0.25, 0.3) is 0 Å². The van der Waals surface area contributed by atoms with Gasteiger partial charge in [0, 0.05) is 6.07 Å². The molecular formula is C11H14N2O7S. The molecule has 0 saturated heterocycles. The van der Waals surface area contributed by atoms with E-state index in [0.29, 0.717) is 0 Å². The molecule has 1 aromatic rings. The van der Waals surface area contributed by atoms with E-state index >= 15 is 0 Å². The summed E-state index contributed by atoms with van der Waals surface area (Å²) in [7, 11) is -1.87. The van der Waals surface area contributed by atoms with Gasteiger partial charge in [0.1, 0.15) is 5.75 Å². The maximum absolute atomic E-state index is 11.6. The van der Waals surface area contributed by atoms with Crippen molar-refractivity contribution in [2.24, 2.45) is 0 Å². The van der Waals surface area contributed by atoms with E-state index in [0.717, 1.165) is 7.11 Å². The molecule has 0 aliphatic carbocycles. The van der Waals surface area contributed by atoms with Crippen molar-refractivity contribution in [3.05, 3.63) is 24.3 Å². The summed E-state index contributed by atoms with van der Waals surface area (Å²) < 4.78 is 40.5. The highest BCUT2D eigenvalue weighted by Gasteiger charge is 2.14. The molecule has 1 amide bonds. The summed E-state index contributed by atoms with van der Waals surface area (Å²) in [6, 6.07) is 5.79. The third-order valence-electron chi connectivity index (χ3n) is 2.07. The van der Waals surface area contributed by atoms with Gasteiger partial charge in [-0.3, -0.25) is 4.72 Å². The highest BCUT2D eigenvalue weighted by Crippen LogP contribution is 2.18. The fourth-order valence-electron chi connectivity index (χ4n) is 1.18. The third-order valence-corrected chi connectivity index (χ3v) is 3.01. The summed E-state index contributed by atoms with van der Waals surface area (Å²) in [6.45, 7) is -0.312. The summed E-state index contributed by atoms with van der Waals surface area (Å²) in [6.07, 6.45) is -1.12. The van der Waals surface area contributed by atoms with Gasteiger partial charge in [-0.05, 0) is 12.1 Å². The molecule has 0 aromatic heterocycles. The van der Waals surface area contributed by atoms with E-state index in [-0.39, 0.29) is 18.0 Å². The number of carbonyl (C=O) groups is 2. The standard InChI is InChI=1S/C11H14N2O7S/c1-18-10(14)7-20-9-5-3-4-8(6-9)12-21(16,17)13-11(15)19-2/h3-6,12H,7H2,1-2H3,(H,13,15). The minimum atomic E-state index is -4.12. The number of hydrogen-bond acceptors (Lipinski definition) is 7. The number of anilines is 1. The van der Waals surface area contributed by atoms with Gasteiger partial charge < -0.3 is 14.2 Å². The minimum absolute atomic E-state index is 0.133. The molecule has 0 spiro atoms. The van der Waals surface area contributed by atoms with Gasteiger partial charge in [0.25, 0.3) is 0 Å². The van der Waals surface area contributed by atoms with Crippen LogP contribution in [0, 0.1) is 0 Å². The molecule has 21 heavy (non-hydrogen) atoms. The van der Waals surface area contributed by atoms with Crippen molar-refractivity contribution in [1.82, 2.24) is 4.72 Å². The minimum Gasteiger partial charge on any atom is -0.482 e. The van der Waals surface area contributed by atoms with E-state index in [4.69, 9.17) is 4.74 Å². The fraction of sp³-hybridized carbons (Fsp3) is 0.273. The highest BCUT2D eigenvalue weighted by atomic mass is 32.2. The van der Waals surface area contributed by atoms with Crippen LogP contribution in [0.1, 0.15) is 0 Å². The summed E-state index contributed by atoms with van der Waals surface area (Å²) in [4.78, 5) is 21.8. The van der Waals surface area contributed by atoms with Gasteiger partial charge in [-0.2, -0.15) is 8.42 Å². The lowest BCUT2D eigenvalue weighted by molar-refractivity contribution is -0.142. The molecule has 0 aliphatic heterocycles. The van der Waals surface area contributed by atoms with Crippen LogP contribution in [-0.2, 0) is 24.5 Å². The number of ether oxygens (including phenoxy) is 3. The Hall–Kier alpha value is -2.49. The van der Waals surface area contributed by atoms with E-state index in [1.54, 1.807) is 4.72 Å². The Morgan fingerprint density at radius 3 is 2.52 bits per heavy atom. The van der Waals surface area contributed by atoms with Crippen molar-refractivity contribution in [2.45, 2.75) is 0 Å². The van der Waals surface area contributed by atoms with Crippen molar-refractivity contribution in [3.63, 3.8) is 0 Å². The number of methoxy groups -OCH3 is 2. The Labute approximate surface area is 121 Å². The Morgan fingerprint density at radius 2 is 1.90 bits per heavy atom. The first-order valence-electron chi connectivity index (χ1n) is 5.54. The van der Waals surface area contributed by atoms with Crippen LogP contribution in [0.4, 0.5) is 10.5 Å². The Bertz CT molecular complexity index is 615. The average molecular weight is 318 g/mol. The Kier molecular flexibility index (Phi) is 5.79. The molecule has 0 bridgehead atoms. The lowest BCUT2D eigenvalue weighted by Crippen LogP contribution is -2.35. The van der Waals surface area contributed by atoms with Gasteiger partial charge >= 0.3 is 22.3 Å². The molecule has 0 unspecified atom stereocenters. The van der Waals surface area contributed by atoms with Gasteiger partial charge in [-0.15, -0.1) is 0 Å². The van der Waals surface area contributed by atoms with E-state index in [2.05, 4.69) is 14.2 Å². The predicted molar refractivity (Wildman–Crippen MR) is 72.0 cm³/mol. The normalized spacial score (nSPS) is 10.4. The zero-order chi connectivity index (χ0) is 15.9. The van der Waals surface area contributed by atoms with Crippen LogP contribution < -0.4 is 14.2 Å². The molecule has 0 saturated carbocycles. The Morgan fingerprint density at radius 1 is 1.19 bits per heavy atom. The lowest BCUT2D eigenvalue weighted by atomic mass is 10.3. The van der Waals surface area contributed by atoms with E-state index < -0.39 is 22.3 Å². The van der Waals surface area contributed by atoms with Gasteiger partial charge in [0.2, 0.25) is 0 Å². The largest absolute Gasteiger partial charge is 0.482 e. The smallest absolute Gasteiger partial charge is 0.422 e. The number of rotatable bonds is 6. The molecule has 0 aliphatic rings. The number of hydrogen-bond donors (Lipinski definition) is 2. The van der Waals surface area contributed by atoms with Crippen LogP contribution in [-0.4, -0.2) is 41.3 Å². The molecule has 9 nitrogen and oxygen atoms in total. The van der Waals surface area contributed by atoms with Crippen molar-refractivity contribution in [3.8, 4) is 5.75 Å². The second-order valence-corrected chi connectivity index (χ2v) is 5.01. The molecule has 1 aromatic carbocycles. The van der Waals surface area contributed by atoms with Crippen LogP contribution in [0.3, 0.4) is 0 Å². The van der Waals surface area contributed by atoms with Gasteiger partial charge in [-0.1, -0.05) is 6.07 Å². The SMILES string of the molecule is COC(=O)COc1cccc(NS(=O)(=O)NC(=O)OC)c1. The van der Waals surface area contributed by atoms with Crippen LogP contribution >= 0.6 is 0 Å². The first-order chi connectivity index (χ1) is 9.86. The molecule has 0 radical (unpaired) electrons. The quantitative estimate of drug-likeness (QED) is 0.721. The highest BCUT2D eigenvalue weighted by molar-refractivity contribution is 7.91. The number of amides is 1. The number of carbonyl (C=O) groups excluding carboxylic acids is 2. The van der Waals surface area contributed by atoms with Crippen molar-refractivity contribution >= 4 is 28.0 Å². The van der Waals surface area contributed by atoms with E-state index in [9.17, 15) is 18.0 Å². The Balaban J connectivity index is 2.72. The molecule has 0 atom stereocenters. The van der Waals surface area contributed by atoms with Crippen molar-refractivity contribution < 1.29 is 32.2 Å². The zero-order valence-corrected chi connectivity index (χ0v) is 12.1. The summed E-state index contributed by atoms with van der Waals surface area (Å²) in [5.41, 5.74) is 0.133. The summed E-state index contributed by atoms with van der Waals surface area (Å²) in [5.74, 6) is -0.327. The lowest BCUT2D eigenvalue weighted by Gasteiger charge is -2.10. The van der Waals surface area contributed by atoms with E-state index in [1.807, 2.05) is 0 Å². The molecule has 10 heteroatoms. The summed E-state index contributed by atoms with van der Waals surface area (Å²) >= 11 is 0. The third kappa shape index (κ3) is 5.99. The molecule has 1 rings (SSSR count). The fourth-order valence-corrected chi connectivity index (χ4v) is 1.97. The molecular weight excluding hydrogens is 304 g/mol. The summed E-state index contributed by atoms with van der Waals surface area (Å²) in [5, 5.41) is 0. The van der Waals surface area contributed by atoms with Gasteiger partial charge in [0.15, 0.2) is 6.61 Å². The second kappa shape index (κ2) is 7.33. The average Bonchev–Trinajstić information content (AvgIpc) is 2.43. The van der Waals surface area contributed by atoms with Crippen LogP contribution in [0.2, 0.25) is 0 Å². The van der Waals surface area contributed by atoms with Gasteiger partial charge in [-0.25, -0.2) is 14.3 Å². The van der Waals surface area contributed by atoms with Crippen LogP contribution in [0.15, 0.2) is 24.3 Å². The first kappa shape index (κ1) is 16.6. The molecule has 116 valence electrons. The topological polar surface area (TPSA) is 120 Å². The zero-order valence-electron chi connectivity index (χ0n) is 11.3. The molecule has 0 fully saturated rings.